The minimum absolute atomic E-state index is 0.219. The van der Waals surface area contributed by atoms with Gasteiger partial charge in [0.1, 0.15) is 0 Å². The van der Waals surface area contributed by atoms with E-state index in [2.05, 4.69) is 9.97 Å². The summed E-state index contributed by atoms with van der Waals surface area (Å²) >= 11 is 0. The third-order valence-electron chi connectivity index (χ3n) is 3.23. The van der Waals surface area contributed by atoms with Crippen molar-refractivity contribution < 1.29 is 5.11 Å². The van der Waals surface area contributed by atoms with Crippen LogP contribution in [0.3, 0.4) is 0 Å². The molecule has 2 rings (SSSR count). The van der Waals surface area contributed by atoms with Gasteiger partial charge in [-0.3, -0.25) is 14.3 Å². The van der Waals surface area contributed by atoms with Gasteiger partial charge in [-0.05, 0) is 19.3 Å². The van der Waals surface area contributed by atoms with Gasteiger partial charge in [0.2, 0.25) is 5.88 Å². The van der Waals surface area contributed by atoms with Gasteiger partial charge in [0.15, 0.2) is 0 Å². The van der Waals surface area contributed by atoms with E-state index in [1.54, 1.807) is 19.4 Å². The molecule has 7 heteroatoms. The predicted octanol–water partition coefficient (Wildman–Crippen LogP) is 0.481. The first kappa shape index (κ1) is 14.1. The fourth-order valence-electron chi connectivity index (χ4n) is 2.11. The first-order valence-corrected chi connectivity index (χ1v) is 6.64. The second-order valence-electron chi connectivity index (χ2n) is 4.57. The van der Waals surface area contributed by atoms with Gasteiger partial charge in [0, 0.05) is 25.5 Å². The Labute approximate surface area is 115 Å². The Hall–Kier alpha value is -2.31. The minimum Gasteiger partial charge on any atom is -0.494 e. The van der Waals surface area contributed by atoms with Crippen molar-refractivity contribution in [2.24, 2.45) is 0 Å². The number of aromatic amines is 1. The molecule has 2 N–H and O–H groups in total. The van der Waals surface area contributed by atoms with Crippen molar-refractivity contribution in [3.63, 3.8) is 0 Å². The van der Waals surface area contributed by atoms with Crippen molar-refractivity contribution in [2.75, 3.05) is 0 Å². The zero-order chi connectivity index (χ0) is 14.5. The average molecular weight is 278 g/mol. The summed E-state index contributed by atoms with van der Waals surface area (Å²) in [7, 11) is 0. The Morgan fingerprint density at radius 3 is 2.70 bits per heavy atom. The van der Waals surface area contributed by atoms with E-state index in [0.29, 0.717) is 13.0 Å². The highest BCUT2D eigenvalue weighted by molar-refractivity contribution is 5.22. The second kappa shape index (κ2) is 6.23. The molecule has 0 spiro atoms. The number of aromatic hydroxyl groups is 1. The Morgan fingerprint density at radius 1 is 1.30 bits per heavy atom. The maximum absolute atomic E-state index is 11.7. The smallest absolute Gasteiger partial charge is 0.331 e. The number of aromatic nitrogens is 4. The normalized spacial score (nSPS) is 10.8. The molecule has 0 aliphatic heterocycles. The predicted molar refractivity (Wildman–Crippen MR) is 73.8 cm³/mol. The number of H-pyrrole nitrogens is 1. The lowest BCUT2D eigenvalue weighted by Crippen LogP contribution is -2.32. The molecule has 20 heavy (non-hydrogen) atoms. The van der Waals surface area contributed by atoms with Crippen molar-refractivity contribution in [2.45, 2.75) is 39.3 Å². The van der Waals surface area contributed by atoms with Crippen LogP contribution in [0.1, 0.15) is 25.3 Å². The first-order chi connectivity index (χ1) is 9.63. The van der Waals surface area contributed by atoms with Crippen LogP contribution in [0.25, 0.3) is 0 Å². The van der Waals surface area contributed by atoms with Gasteiger partial charge in [0.05, 0.1) is 11.9 Å². The molecule has 0 radical (unpaired) electrons. The summed E-state index contributed by atoms with van der Waals surface area (Å²) < 4.78 is 3.17. The first-order valence-electron chi connectivity index (χ1n) is 6.64. The Balaban J connectivity index is 2.02. The average Bonchev–Trinajstić information content (AvgIpc) is 2.91. The molecule has 0 atom stereocenters. The molecule has 7 nitrogen and oxygen atoms in total. The number of unbranched alkanes of at least 4 members (excludes halogenated alkanes) is 1. The zero-order valence-corrected chi connectivity index (χ0v) is 11.4. The standard InChI is InChI=1S/C13H18N4O3/c1-2-10-11(18)15-13(20)17(12(10)19)7-4-3-6-16-8-5-14-9-16/h5,8-9,19H,2-4,6-7H2,1H3,(H,15,18,20). The number of rotatable bonds is 6. The molecule has 0 amide bonds. The number of hydrogen-bond acceptors (Lipinski definition) is 4. The van der Waals surface area contributed by atoms with E-state index in [9.17, 15) is 14.7 Å². The van der Waals surface area contributed by atoms with Crippen molar-refractivity contribution in [3.8, 4) is 5.88 Å². The molecule has 2 aromatic rings. The van der Waals surface area contributed by atoms with Crippen LogP contribution >= 0.6 is 0 Å². The maximum atomic E-state index is 11.7. The van der Waals surface area contributed by atoms with E-state index in [-0.39, 0.29) is 11.4 Å². The van der Waals surface area contributed by atoms with Crippen molar-refractivity contribution in [1.82, 2.24) is 19.1 Å². The lowest BCUT2D eigenvalue weighted by atomic mass is 10.2. The molecular weight excluding hydrogens is 260 g/mol. The van der Waals surface area contributed by atoms with Gasteiger partial charge >= 0.3 is 5.69 Å². The summed E-state index contributed by atoms with van der Waals surface area (Å²) in [5, 5.41) is 9.96. The summed E-state index contributed by atoms with van der Waals surface area (Å²) in [6, 6.07) is 0. The molecule has 0 saturated heterocycles. The van der Waals surface area contributed by atoms with Crippen LogP contribution in [0.2, 0.25) is 0 Å². The van der Waals surface area contributed by atoms with Crippen molar-refractivity contribution in [3.05, 3.63) is 45.1 Å². The van der Waals surface area contributed by atoms with Gasteiger partial charge in [-0.25, -0.2) is 9.78 Å². The monoisotopic (exact) mass is 278 g/mol. The SMILES string of the molecule is CCc1c(O)n(CCCCn2ccnc2)c(=O)[nH]c1=O. The summed E-state index contributed by atoms with van der Waals surface area (Å²) in [5.41, 5.74) is -0.823. The summed E-state index contributed by atoms with van der Waals surface area (Å²) in [5.74, 6) is -0.219. The molecule has 0 bridgehead atoms. The van der Waals surface area contributed by atoms with Gasteiger partial charge < -0.3 is 9.67 Å². The molecule has 0 saturated carbocycles. The second-order valence-corrected chi connectivity index (χ2v) is 4.57. The summed E-state index contributed by atoms with van der Waals surface area (Å²) in [6.45, 7) is 2.95. The van der Waals surface area contributed by atoms with Crippen LogP contribution in [0, 0.1) is 0 Å². The molecule has 0 unspecified atom stereocenters. The van der Waals surface area contributed by atoms with Crippen LogP contribution in [-0.4, -0.2) is 24.2 Å². The lowest BCUT2D eigenvalue weighted by molar-refractivity contribution is 0.385. The van der Waals surface area contributed by atoms with Crippen molar-refractivity contribution >= 4 is 0 Å². The number of aryl methyl sites for hydroxylation is 1. The molecule has 108 valence electrons. The van der Waals surface area contributed by atoms with Crippen LogP contribution in [0.15, 0.2) is 28.3 Å². The topological polar surface area (TPSA) is 92.9 Å². The Kier molecular flexibility index (Phi) is 4.39. The number of nitrogens with one attached hydrogen (secondary N) is 1. The van der Waals surface area contributed by atoms with Crippen LogP contribution in [-0.2, 0) is 19.5 Å². The zero-order valence-electron chi connectivity index (χ0n) is 11.4. The fourth-order valence-corrected chi connectivity index (χ4v) is 2.11. The van der Waals surface area contributed by atoms with Gasteiger partial charge in [-0.15, -0.1) is 0 Å². The highest BCUT2D eigenvalue weighted by atomic mass is 16.3. The fraction of sp³-hybridized carbons (Fsp3) is 0.462. The van der Waals surface area contributed by atoms with Crippen LogP contribution in [0.4, 0.5) is 0 Å². The van der Waals surface area contributed by atoms with Crippen LogP contribution in [0.5, 0.6) is 5.88 Å². The molecule has 2 aromatic heterocycles. The molecular formula is C13H18N4O3. The van der Waals surface area contributed by atoms with E-state index >= 15 is 0 Å². The molecule has 0 fully saturated rings. The molecule has 2 heterocycles. The highest BCUT2D eigenvalue weighted by Crippen LogP contribution is 2.11. The summed E-state index contributed by atoms with van der Waals surface area (Å²) in [6.07, 6.45) is 7.28. The largest absolute Gasteiger partial charge is 0.494 e. The third-order valence-corrected chi connectivity index (χ3v) is 3.23. The Morgan fingerprint density at radius 2 is 2.05 bits per heavy atom. The number of hydrogen-bond donors (Lipinski definition) is 2. The van der Waals surface area contributed by atoms with Gasteiger partial charge in [-0.2, -0.15) is 0 Å². The molecule has 0 aliphatic carbocycles. The summed E-state index contributed by atoms with van der Waals surface area (Å²) in [4.78, 5) is 29.4. The van der Waals surface area contributed by atoms with E-state index in [0.717, 1.165) is 19.4 Å². The molecule has 0 aromatic carbocycles. The minimum atomic E-state index is -0.563. The molecule has 0 aliphatic rings. The maximum Gasteiger partial charge on any atom is 0.331 e. The highest BCUT2D eigenvalue weighted by Gasteiger charge is 2.11. The number of imidazole rings is 1. The van der Waals surface area contributed by atoms with E-state index in [4.69, 9.17) is 0 Å². The van der Waals surface area contributed by atoms with Gasteiger partial charge in [0.25, 0.3) is 5.56 Å². The van der Waals surface area contributed by atoms with E-state index in [1.165, 1.54) is 4.57 Å². The van der Waals surface area contributed by atoms with Crippen LogP contribution < -0.4 is 11.2 Å². The third kappa shape index (κ3) is 2.98. The van der Waals surface area contributed by atoms with Crippen molar-refractivity contribution in [1.29, 1.82) is 0 Å². The number of nitrogens with zero attached hydrogens (tertiary/aromatic N) is 3. The van der Waals surface area contributed by atoms with E-state index in [1.807, 2.05) is 10.8 Å². The lowest BCUT2D eigenvalue weighted by Gasteiger charge is -2.10. The van der Waals surface area contributed by atoms with E-state index < -0.39 is 11.2 Å². The quantitative estimate of drug-likeness (QED) is 0.752. The Bertz CT molecular complexity index is 670. The van der Waals surface area contributed by atoms with Gasteiger partial charge in [-0.1, -0.05) is 6.92 Å².